The number of ether oxygens (including phenoxy) is 1. The third-order valence-corrected chi connectivity index (χ3v) is 3.52. The minimum absolute atomic E-state index is 0.370. The number of benzene rings is 1. The molecule has 0 unspecified atom stereocenters. The van der Waals surface area contributed by atoms with Crippen LogP contribution in [0.15, 0.2) is 24.3 Å². The van der Waals surface area contributed by atoms with Gasteiger partial charge in [-0.1, -0.05) is 25.1 Å². The molecule has 1 aromatic rings. The van der Waals surface area contributed by atoms with Gasteiger partial charge in [0.2, 0.25) is 0 Å². The Labute approximate surface area is 109 Å². The number of nitrogens with zero attached hydrogens (tertiary/aromatic N) is 1. The molecule has 0 saturated heterocycles. The molecule has 2 rings (SSSR count). The Morgan fingerprint density at radius 3 is 2.72 bits per heavy atom. The zero-order valence-electron chi connectivity index (χ0n) is 11.3. The van der Waals surface area contributed by atoms with E-state index in [1.807, 2.05) is 25.1 Å². The SMILES string of the molecule is CC[C@H](O)c1ccccc1N(CCOC)C1CC1. The van der Waals surface area contributed by atoms with Crippen molar-refractivity contribution in [2.24, 2.45) is 0 Å². The molecule has 0 heterocycles. The van der Waals surface area contributed by atoms with Crippen LogP contribution < -0.4 is 4.90 Å². The molecule has 0 aromatic heterocycles. The summed E-state index contributed by atoms with van der Waals surface area (Å²) in [5.41, 5.74) is 2.22. The maximum Gasteiger partial charge on any atom is 0.0807 e. The van der Waals surface area contributed by atoms with Crippen LogP contribution in [0.5, 0.6) is 0 Å². The van der Waals surface area contributed by atoms with Gasteiger partial charge in [0.1, 0.15) is 0 Å². The molecule has 1 aromatic carbocycles. The summed E-state index contributed by atoms with van der Waals surface area (Å²) in [7, 11) is 1.73. The Hall–Kier alpha value is -1.06. The Balaban J connectivity index is 2.22. The van der Waals surface area contributed by atoms with E-state index < -0.39 is 0 Å². The van der Waals surface area contributed by atoms with E-state index in [0.717, 1.165) is 25.1 Å². The molecule has 0 radical (unpaired) electrons. The first-order chi connectivity index (χ1) is 8.77. The molecule has 1 atom stereocenters. The maximum absolute atomic E-state index is 10.1. The van der Waals surface area contributed by atoms with Crippen molar-refractivity contribution in [2.75, 3.05) is 25.2 Å². The third kappa shape index (κ3) is 3.03. The number of para-hydroxylation sites is 1. The van der Waals surface area contributed by atoms with Gasteiger partial charge < -0.3 is 14.7 Å². The highest BCUT2D eigenvalue weighted by Crippen LogP contribution is 2.36. The Morgan fingerprint density at radius 1 is 1.39 bits per heavy atom. The average molecular weight is 249 g/mol. The van der Waals surface area contributed by atoms with Crippen molar-refractivity contribution in [1.29, 1.82) is 0 Å². The van der Waals surface area contributed by atoms with Gasteiger partial charge in [-0.3, -0.25) is 0 Å². The zero-order chi connectivity index (χ0) is 13.0. The van der Waals surface area contributed by atoms with Gasteiger partial charge in [0.15, 0.2) is 0 Å². The Bertz CT molecular complexity index is 377. The fourth-order valence-corrected chi connectivity index (χ4v) is 2.33. The van der Waals surface area contributed by atoms with Crippen LogP contribution >= 0.6 is 0 Å². The second-order valence-electron chi connectivity index (χ2n) is 4.90. The molecule has 18 heavy (non-hydrogen) atoms. The summed E-state index contributed by atoms with van der Waals surface area (Å²) in [6, 6.07) is 8.82. The molecule has 3 nitrogen and oxygen atoms in total. The van der Waals surface area contributed by atoms with Crippen molar-refractivity contribution < 1.29 is 9.84 Å². The lowest BCUT2D eigenvalue weighted by atomic mass is 10.0. The number of methoxy groups -OCH3 is 1. The van der Waals surface area contributed by atoms with Gasteiger partial charge in [0, 0.05) is 30.9 Å². The molecular formula is C15H23NO2. The van der Waals surface area contributed by atoms with E-state index in [-0.39, 0.29) is 6.10 Å². The van der Waals surface area contributed by atoms with Crippen molar-refractivity contribution in [2.45, 2.75) is 38.3 Å². The largest absolute Gasteiger partial charge is 0.388 e. The highest BCUT2D eigenvalue weighted by molar-refractivity contribution is 5.56. The lowest BCUT2D eigenvalue weighted by Crippen LogP contribution is -2.30. The van der Waals surface area contributed by atoms with E-state index in [9.17, 15) is 5.11 Å². The first-order valence-corrected chi connectivity index (χ1v) is 6.80. The lowest BCUT2D eigenvalue weighted by Gasteiger charge is -2.28. The Kier molecular flexibility index (Phi) is 4.61. The normalized spacial score (nSPS) is 16.6. The summed E-state index contributed by atoms with van der Waals surface area (Å²) in [5, 5.41) is 10.1. The predicted molar refractivity (Wildman–Crippen MR) is 73.9 cm³/mol. The standard InChI is InChI=1S/C15H23NO2/c1-3-15(17)13-6-4-5-7-14(13)16(10-11-18-2)12-8-9-12/h4-7,12,15,17H,3,8-11H2,1-2H3/t15-/m0/s1. The van der Waals surface area contributed by atoms with E-state index in [2.05, 4.69) is 11.0 Å². The molecule has 1 aliphatic carbocycles. The number of aliphatic hydroxyl groups excluding tert-OH is 1. The number of anilines is 1. The van der Waals surface area contributed by atoms with Gasteiger partial charge in [-0.05, 0) is 25.3 Å². The van der Waals surface area contributed by atoms with Crippen molar-refractivity contribution in [3.63, 3.8) is 0 Å². The Morgan fingerprint density at radius 2 is 2.11 bits per heavy atom. The van der Waals surface area contributed by atoms with Crippen molar-refractivity contribution in [3.8, 4) is 0 Å². The molecule has 1 aliphatic rings. The molecule has 1 fully saturated rings. The van der Waals surface area contributed by atoms with Crippen molar-refractivity contribution in [3.05, 3.63) is 29.8 Å². The van der Waals surface area contributed by atoms with Crippen LogP contribution in [0.2, 0.25) is 0 Å². The van der Waals surface area contributed by atoms with Crippen LogP contribution in [-0.2, 0) is 4.74 Å². The zero-order valence-corrected chi connectivity index (χ0v) is 11.3. The second-order valence-corrected chi connectivity index (χ2v) is 4.90. The summed E-state index contributed by atoms with van der Waals surface area (Å²) in [6.07, 6.45) is 2.88. The van der Waals surface area contributed by atoms with Crippen LogP contribution in [0.3, 0.4) is 0 Å². The number of aliphatic hydroxyl groups is 1. The average Bonchev–Trinajstić information content (AvgIpc) is 3.23. The van der Waals surface area contributed by atoms with Gasteiger partial charge in [-0.15, -0.1) is 0 Å². The van der Waals surface area contributed by atoms with E-state index in [1.165, 1.54) is 18.5 Å². The lowest BCUT2D eigenvalue weighted by molar-refractivity contribution is 0.173. The highest BCUT2D eigenvalue weighted by atomic mass is 16.5. The van der Waals surface area contributed by atoms with Gasteiger partial charge in [0.25, 0.3) is 0 Å². The summed E-state index contributed by atoms with van der Waals surface area (Å²) < 4.78 is 5.19. The molecule has 0 bridgehead atoms. The van der Waals surface area contributed by atoms with Crippen LogP contribution in [0.25, 0.3) is 0 Å². The van der Waals surface area contributed by atoms with E-state index in [0.29, 0.717) is 6.04 Å². The number of rotatable bonds is 7. The topological polar surface area (TPSA) is 32.7 Å². The van der Waals surface area contributed by atoms with Crippen molar-refractivity contribution >= 4 is 5.69 Å². The van der Waals surface area contributed by atoms with Gasteiger partial charge >= 0.3 is 0 Å². The van der Waals surface area contributed by atoms with Gasteiger partial charge in [0.05, 0.1) is 12.7 Å². The molecule has 1 N–H and O–H groups in total. The molecule has 100 valence electrons. The number of hydrogen-bond acceptors (Lipinski definition) is 3. The van der Waals surface area contributed by atoms with Crippen LogP contribution in [0.1, 0.15) is 37.9 Å². The smallest absolute Gasteiger partial charge is 0.0807 e. The minimum atomic E-state index is -0.370. The van der Waals surface area contributed by atoms with E-state index in [4.69, 9.17) is 4.74 Å². The van der Waals surface area contributed by atoms with Crippen LogP contribution in [0.4, 0.5) is 5.69 Å². The van der Waals surface area contributed by atoms with Crippen molar-refractivity contribution in [1.82, 2.24) is 0 Å². The minimum Gasteiger partial charge on any atom is -0.388 e. The monoisotopic (exact) mass is 249 g/mol. The third-order valence-electron chi connectivity index (χ3n) is 3.52. The first kappa shape index (κ1) is 13.4. The van der Waals surface area contributed by atoms with Crippen LogP contribution in [0, 0.1) is 0 Å². The summed E-state index contributed by atoms with van der Waals surface area (Å²) in [6.45, 7) is 3.64. The summed E-state index contributed by atoms with van der Waals surface area (Å²) >= 11 is 0. The fourth-order valence-electron chi connectivity index (χ4n) is 2.33. The first-order valence-electron chi connectivity index (χ1n) is 6.80. The molecule has 0 amide bonds. The fraction of sp³-hybridized carbons (Fsp3) is 0.600. The highest BCUT2D eigenvalue weighted by Gasteiger charge is 2.30. The molecule has 0 spiro atoms. The number of hydrogen-bond donors (Lipinski definition) is 1. The quantitative estimate of drug-likeness (QED) is 0.806. The molecule has 1 saturated carbocycles. The van der Waals surface area contributed by atoms with Crippen LogP contribution in [-0.4, -0.2) is 31.4 Å². The predicted octanol–water partition coefficient (Wildman–Crippen LogP) is 2.75. The van der Waals surface area contributed by atoms with E-state index in [1.54, 1.807) is 7.11 Å². The molecular weight excluding hydrogens is 226 g/mol. The summed E-state index contributed by atoms with van der Waals surface area (Å²) in [4.78, 5) is 2.39. The maximum atomic E-state index is 10.1. The summed E-state index contributed by atoms with van der Waals surface area (Å²) in [5.74, 6) is 0. The van der Waals surface area contributed by atoms with Gasteiger partial charge in [-0.2, -0.15) is 0 Å². The van der Waals surface area contributed by atoms with Gasteiger partial charge in [-0.25, -0.2) is 0 Å². The molecule has 3 heteroatoms. The van der Waals surface area contributed by atoms with E-state index >= 15 is 0 Å². The second kappa shape index (κ2) is 6.21. The molecule has 0 aliphatic heterocycles.